The van der Waals surface area contributed by atoms with Crippen molar-refractivity contribution in [1.82, 2.24) is 20.3 Å². The zero-order valence-electron chi connectivity index (χ0n) is 20.0. The molecule has 1 aliphatic carbocycles. The van der Waals surface area contributed by atoms with E-state index in [4.69, 9.17) is 9.47 Å². The van der Waals surface area contributed by atoms with Crippen LogP contribution < -0.4 is 25.4 Å². The average molecular weight is 551 g/mol. The number of ether oxygens (including phenoxy) is 2. The van der Waals surface area contributed by atoms with E-state index in [0.717, 1.165) is 0 Å². The first-order chi connectivity index (χ1) is 17.0. The van der Waals surface area contributed by atoms with Gasteiger partial charge in [-0.25, -0.2) is 4.98 Å². The number of amides is 2. The minimum atomic E-state index is -0.687. The Hall–Kier alpha value is -3.25. The number of halogens is 2. The Morgan fingerprint density at radius 2 is 2.08 bits per heavy atom. The van der Waals surface area contributed by atoms with Crippen LogP contribution in [0, 0.1) is 5.92 Å². The van der Waals surface area contributed by atoms with E-state index in [1.165, 1.54) is 7.11 Å². The van der Waals surface area contributed by atoms with Gasteiger partial charge in [0.15, 0.2) is 12.4 Å². The van der Waals surface area contributed by atoms with Crippen LogP contribution in [0.15, 0.2) is 36.7 Å². The maximum atomic E-state index is 13.0. The monoisotopic (exact) mass is 550 g/mol. The molecule has 11 nitrogen and oxygen atoms in total. The molecule has 1 saturated carbocycles. The third-order valence-corrected chi connectivity index (χ3v) is 6.32. The molecule has 1 aliphatic heterocycles. The summed E-state index contributed by atoms with van der Waals surface area (Å²) < 4.78 is 10.5. The molecule has 0 bridgehead atoms. The molecule has 5 rings (SSSR count). The SMILES string of the molecule is COc1ccc2nccc(NC(=O)[C@@H]3CC[C@@H](NCc4cc5c(cn4)OCC(=O)N5)[C@H](O)C3)c2n1.Cl.Cl. The number of pyridine rings is 3. The summed E-state index contributed by atoms with van der Waals surface area (Å²) in [6.45, 7) is 0.398. The van der Waals surface area contributed by atoms with Crippen molar-refractivity contribution in [2.24, 2.45) is 5.92 Å². The van der Waals surface area contributed by atoms with E-state index >= 15 is 0 Å². The lowest BCUT2D eigenvalue weighted by atomic mass is 9.83. The van der Waals surface area contributed by atoms with E-state index in [1.54, 1.807) is 36.7 Å². The van der Waals surface area contributed by atoms with Gasteiger partial charge in [-0.05, 0) is 37.5 Å². The fourth-order valence-corrected chi connectivity index (χ4v) is 4.44. The molecular weight excluding hydrogens is 523 g/mol. The van der Waals surface area contributed by atoms with Crippen molar-refractivity contribution in [3.63, 3.8) is 0 Å². The van der Waals surface area contributed by atoms with Gasteiger partial charge in [0.2, 0.25) is 11.8 Å². The van der Waals surface area contributed by atoms with Gasteiger partial charge in [-0.2, -0.15) is 0 Å². The molecular formula is C24H28Cl2N6O5. The second-order valence-electron chi connectivity index (χ2n) is 8.64. The highest BCUT2D eigenvalue weighted by Gasteiger charge is 2.33. The van der Waals surface area contributed by atoms with E-state index in [1.807, 2.05) is 0 Å². The van der Waals surface area contributed by atoms with Gasteiger partial charge in [0.05, 0.1) is 42.0 Å². The van der Waals surface area contributed by atoms with E-state index in [2.05, 4.69) is 30.9 Å². The molecule has 4 heterocycles. The molecule has 0 saturated heterocycles. The standard InChI is InChI=1S/C24H26N6O5.2ClH/c1-34-22-5-4-16-23(30-22)17(6-7-25-16)29-24(33)13-2-3-15(19(31)8-13)27-10-14-9-18-20(11-26-14)35-12-21(32)28-18;;/h4-7,9,11,13,15,19,27,31H,2-3,8,10,12H2,1H3,(H,28,32)(H,25,29,33);2*1H/t13-,15-,19-;;/m1../s1. The van der Waals surface area contributed by atoms with Crippen molar-refractivity contribution in [3.8, 4) is 11.6 Å². The van der Waals surface area contributed by atoms with E-state index in [0.29, 0.717) is 65.5 Å². The number of hydrogen-bond donors (Lipinski definition) is 4. The average Bonchev–Trinajstić information content (AvgIpc) is 2.87. The maximum absolute atomic E-state index is 13.0. The number of carbonyl (C=O) groups excluding carboxylic acids is 2. The second-order valence-corrected chi connectivity index (χ2v) is 8.64. The summed E-state index contributed by atoms with van der Waals surface area (Å²) in [5.74, 6) is 0.281. The lowest BCUT2D eigenvalue weighted by Crippen LogP contribution is -2.46. The molecule has 3 aromatic heterocycles. The highest BCUT2D eigenvalue weighted by molar-refractivity contribution is 6.00. The Morgan fingerprint density at radius 1 is 1.24 bits per heavy atom. The van der Waals surface area contributed by atoms with Crippen LogP contribution in [0.25, 0.3) is 11.0 Å². The number of nitrogens with one attached hydrogen (secondary N) is 3. The molecule has 13 heteroatoms. The first-order valence-electron chi connectivity index (χ1n) is 11.4. The Kier molecular flexibility index (Phi) is 9.44. The van der Waals surface area contributed by atoms with Crippen LogP contribution >= 0.6 is 24.8 Å². The van der Waals surface area contributed by atoms with Gasteiger partial charge < -0.3 is 30.5 Å². The van der Waals surface area contributed by atoms with Crippen LogP contribution in [0.3, 0.4) is 0 Å². The molecule has 3 atom stereocenters. The molecule has 4 N–H and O–H groups in total. The quantitative estimate of drug-likeness (QED) is 0.363. The summed E-state index contributed by atoms with van der Waals surface area (Å²) in [4.78, 5) is 37.5. The van der Waals surface area contributed by atoms with E-state index < -0.39 is 6.10 Å². The fraction of sp³-hybridized carbons (Fsp3) is 0.375. The summed E-state index contributed by atoms with van der Waals surface area (Å²) >= 11 is 0. The molecule has 0 aromatic carbocycles. The molecule has 198 valence electrons. The van der Waals surface area contributed by atoms with Gasteiger partial charge >= 0.3 is 0 Å². The lowest BCUT2D eigenvalue weighted by Gasteiger charge is -2.33. The maximum Gasteiger partial charge on any atom is 0.262 e. The summed E-state index contributed by atoms with van der Waals surface area (Å²) in [7, 11) is 1.53. The number of aliphatic hydroxyl groups excluding tert-OH is 1. The highest BCUT2D eigenvalue weighted by Crippen LogP contribution is 2.29. The highest BCUT2D eigenvalue weighted by atomic mass is 35.5. The Labute approximate surface area is 225 Å². The number of aliphatic hydroxyl groups is 1. The number of methoxy groups -OCH3 is 1. The lowest BCUT2D eigenvalue weighted by molar-refractivity contribution is -0.122. The van der Waals surface area contributed by atoms with Gasteiger partial charge in [0.25, 0.3) is 5.91 Å². The number of nitrogens with zero attached hydrogens (tertiary/aromatic N) is 3. The molecule has 2 amide bonds. The zero-order chi connectivity index (χ0) is 24.4. The van der Waals surface area contributed by atoms with Crippen LogP contribution in [0.1, 0.15) is 25.0 Å². The molecule has 3 aromatic rings. The van der Waals surface area contributed by atoms with Gasteiger partial charge in [0.1, 0.15) is 5.52 Å². The molecule has 0 radical (unpaired) electrons. The van der Waals surface area contributed by atoms with E-state index in [9.17, 15) is 14.7 Å². The number of aromatic nitrogens is 3. The topological polar surface area (TPSA) is 148 Å². The number of anilines is 2. The van der Waals surface area contributed by atoms with Crippen LogP contribution in [0.5, 0.6) is 11.6 Å². The first-order valence-corrected chi connectivity index (χ1v) is 11.4. The molecule has 0 spiro atoms. The van der Waals surface area contributed by atoms with Crippen LogP contribution in [0.4, 0.5) is 11.4 Å². The van der Waals surface area contributed by atoms with Crippen molar-refractivity contribution in [3.05, 3.63) is 42.4 Å². The smallest absolute Gasteiger partial charge is 0.262 e. The van der Waals surface area contributed by atoms with Gasteiger partial charge in [0, 0.05) is 30.8 Å². The van der Waals surface area contributed by atoms with Gasteiger partial charge in [-0.1, -0.05) is 0 Å². The Morgan fingerprint density at radius 3 is 2.86 bits per heavy atom. The van der Waals surface area contributed by atoms with Crippen LogP contribution in [0.2, 0.25) is 0 Å². The fourth-order valence-electron chi connectivity index (χ4n) is 4.44. The van der Waals surface area contributed by atoms with E-state index in [-0.39, 0.29) is 55.2 Å². The number of rotatable bonds is 6. The predicted octanol–water partition coefficient (Wildman–Crippen LogP) is 2.47. The van der Waals surface area contributed by atoms with Gasteiger partial charge in [-0.15, -0.1) is 24.8 Å². The zero-order valence-corrected chi connectivity index (χ0v) is 21.6. The van der Waals surface area contributed by atoms with Crippen molar-refractivity contribution >= 4 is 59.0 Å². The van der Waals surface area contributed by atoms with Crippen LogP contribution in [-0.2, 0) is 16.1 Å². The minimum Gasteiger partial charge on any atom is -0.481 e. The predicted molar refractivity (Wildman–Crippen MR) is 142 cm³/mol. The Bertz CT molecular complexity index is 1280. The van der Waals surface area contributed by atoms with Crippen molar-refractivity contribution in [1.29, 1.82) is 0 Å². The molecule has 1 fully saturated rings. The molecule has 0 unspecified atom stereocenters. The Balaban J connectivity index is 0.00000190. The van der Waals surface area contributed by atoms with Crippen LogP contribution in [-0.4, -0.2) is 57.7 Å². The summed E-state index contributed by atoms with van der Waals surface area (Å²) in [6.07, 6.45) is 4.11. The van der Waals surface area contributed by atoms with Gasteiger partial charge in [-0.3, -0.25) is 19.6 Å². The second kappa shape index (κ2) is 12.3. The largest absolute Gasteiger partial charge is 0.481 e. The van der Waals surface area contributed by atoms with Crippen molar-refractivity contribution in [2.45, 2.75) is 38.0 Å². The first kappa shape index (κ1) is 28.3. The molecule has 37 heavy (non-hydrogen) atoms. The minimum absolute atomic E-state index is 0. The number of fused-ring (bicyclic) bond motifs is 2. The normalized spacial score (nSPS) is 20.4. The summed E-state index contributed by atoms with van der Waals surface area (Å²) in [5, 5.41) is 19.8. The number of hydrogen-bond acceptors (Lipinski definition) is 9. The number of carbonyl (C=O) groups is 2. The third kappa shape index (κ3) is 6.37. The van der Waals surface area contributed by atoms with Crippen molar-refractivity contribution < 1.29 is 24.2 Å². The molecule has 2 aliphatic rings. The van der Waals surface area contributed by atoms with Crippen molar-refractivity contribution in [2.75, 3.05) is 24.4 Å². The summed E-state index contributed by atoms with van der Waals surface area (Å²) in [6, 6.07) is 6.79. The summed E-state index contributed by atoms with van der Waals surface area (Å²) in [5.41, 5.74) is 3.07. The third-order valence-electron chi connectivity index (χ3n) is 6.32.